The van der Waals surface area contributed by atoms with E-state index in [1.165, 1.54) is 4.88 Å². The number of aromatic nitrogens is 1. The SMILES string of the molecule is Cc1ncsc1CNCCO. The Morgan fingerprint density at radius 3 is 3.09 bits per heavy atom. The fraction of sp³-hybridized carbons (Fsp3) is 0.571. The van der Waals surface area contributed by atoms with E-state index in [1.807, 2.05) is 12.4 Å². The highest BCUT2D eigenvalue weighted by Gasteiger charge is 1.98. The lowest BCUT2D eigenvalue weighted by Crippen LogP contribution is -2.17. The van der Waals surface area contributed by atoms with E-state index in [1.54, 1.807) is 11.3 Å². The molecule has 2 N–H and O–H groups in total. The van der Waals surface area contributed by atoms with Gasteiger partial charge in [-0.25, -0.2) is 4.98 Å². The van der Waals surface area contributed by atoms with Gasteiger partial charge < -0.3 is 10.4 Å². The molecule has 0 aliphatic rings. The zero-order chi connectivity index (χ0) is 8.10. The number of aliphatic hydroxyl groups excluding tert-OH is 1. The van der Waals surface area contributed by atoms with Crippen LogP contribution in [0.25, 0.3) is 0 Å². The quantitative estimate of drug-likeness (QED) is 0.651. The Bertz CT molecular complexity index is 212. The number of aryl methyl sites for hydroxylation is 1. The van der Waals surface area contributed by atoms with Gasteiger partial charge in [-0.3, -0.25) is 0 Å². The summed E-state index contributed by atoms with van der Waals surface area (Å²) in [5.41, 5.74) is 2.92. The lowest BCUT2D eigenvalue weighted by Gasteiger charge is -1.99. The van der Waals surface area contributed by atoms with E-state index in [4.69, 9.17) is 5.11 Å². The molecule has 0 atom stereocenters. The van der Waals surface area contributed by atoms with E-state index in [2.05, 4.69) is 10.3 Å². The Morgan fingerprint density at radius 2 is 2.55 bits per heavy atom. The van der Waals surface area contributed by atoms with Crippen LogP contribution >= 0.6 is 11.3 Å². The van der Waals surface area contributed by atoms with Gasteiger partial charge in [0.2, 0.25) is 0 Å². The standard InChI is InChI=1S/C7H12N2OS/c1-6-7(11-5-9-6)4-8-2-3-10/h5,8,10H,2-4H2,1H3. The first kappa shape index (κ1) is 8.64. The van der Waals surface area contributed by atoms with Gasteiger partial charge in [0.05, 0.1) is 17.8 Å². The van der Waals surface area contributed by atoms with Crippen molar-refractivity contribution in [2.45, 2.75) is 13.5 Å². The maximum absolute atomic E-state index is 8.49. The van der Waals surface area contributed by atoms with Gasteiger partial charge in [-0.05, 0) is 6.92 Å². The molecule has 1 heterocycles. The van der Waals surface area contributed by atoms with Gasteiger partial charge in [0.1, 0.15) is 0 Å². The van der Waals surface area contributed by atoms with Crippen LogP contribution in [0.5, 0.6) is 0 Å². The third-order valence-corrected chi connectivity index (χ3v) is 2.35. The summed E-state index contributed by atoms with van der Waals surface area (Å²) in [6.07, 6.45) is 0. The summed E-state index contributed by atoms with van der Waals surface area (Å²) in [6.45, 7) is 3.65. The molecule has 0 bridgehead atoms. The number of hydrogen-bond acceptors (Lipinski definition) is 4. The van der Waals surface area contributed by atoms with Crippen LogP contribution in [-0.4, -0.2) is 23.2 Å². The molecule has 1 rings (SSSR count). The molecule has 0 aromatic carbocycles. The number of thiazole rings is 1. The van der Waals surface area contributed by atoms with Crippen molar-refractivity contribution in [3.63, 3.8) is 0 Å². The molecule has 0 saturated heterocycles. The lowest BCUT2D eigenvalue weighted by atomic mass is 10.4. The summed E-state index contributed by atoms with van der Waals surface area (Å²) in [5, 5.41) is 11.6. The number of nitrogens with one attached hydrogen (secondary N) is 1. The Kier molecular flexibility index (Phi) is 3.48. The van der Waals surface area contributed by atoms with Crippen LogP contribution in [0.15, 0.2) is 5.51 Å². The molecular weight excluding hydrogens is 160 g/mol. The van der Waals surface area contributed by atoms with E-state index in [-0.39, 0.29) is 6.61 Å². The van der Waals surface area contributed by atoms with E-state index in [0.29, 0.717) is 6.54 Å². The van der Waals surface area contributed by atoms with Gasteiger partial charge in [0, 0.05) is 18.0 Å². The summed E-state index contributed by atoms with van der Waals surface area (Å²) >= 11 is 1.64. The van der Waals surface area contributed by atoms with Gasteiger partial charge in [0.15, 0.2) is 0 Å². The highest BCUT2D eigenvalue weighted by molar-refractivity contribution is 7.09. The molecule has 1 aromatic heterocycles. The lowest BCUT2D eigenvalue weighted by molar-refractivity contribution is 0.292. The second kappa shape index (κ2) is 4.43. The summed E-state index contributed by atoms with van der Waals surface area (Å²) < 4.78 is 0. The number of aliphatic hydroxyl groups is 1. The molecule has 0 amide bonds. The van der Waals surface area contributed by atoms with Crippen molar-refractivity contribution in [3.05, 3.63) is 16.1 Å². The zero-order valence-electron chi connectivity index (χ0n) is 6.50. The minimum absolute atomic E-state index is 0.192. The van der Waals surface area contributed by atoms with Gasteiger partial charge >= 0.3 is 0 Å². The van der Waals surface area contributed by atoms with Gasteiger partial charge in [-0.2, -0.15) is 0 Å². The van der Waals surface area contributed by atoms with Crippen LogP contribution in [-0.2, 0) is 6.54 Å². The maximum Gasteiger partial charge on any atom is 0.0798 e. The van der Waals surface area contributed by atoms with Crippen molar-refractivity contribution < 1.29 is 5.11 Å². The zero-order valence-corrected chi connectivity index (χ0v) is 7.32. The molecule has 0 radical (unpaired) electrons. The van der Waals surface area contributed by atoms with E-state index in [0.717, 1.165) is 12.2 Å². The van der Waals surface area contributed by atoms with Crippen molar-refractivity contribution >= 4 is 11.3 Å². The Labute approximate surface area is 70.1 Å². The van der Waals surface area contributed by atoms with E-state index < -0.39 is 0 Å². The third-order valence-electron chi connectivity index (χ3n) is 1.42. The molecule has 1 aromatic rings. The van der Waals surface area contributed by atoms with Crippen LogP contribution in [0.2, 0.25) is 0 Å². The molecular formula is C7H12N2OS. The molecule has 0 aliphatic heterocycles. The predicted molar refractivity (Wildman–Crippen MR) is 45.6 cm³/mol. The fourth-order valence-corrected chi connectivity index (χ4v) is 1.52. The number of hydrogen-bond donors (Lipinski definition) is 2. The largest absolute Gasteiger partial charge is 0.395 e. The topological polar surface area (TPSA) is 45.2 Å². The van der Waals surface area contributed by atoms with Crippen molar-refractivity contribution in [1.29, 1.82) is 0 Å². The van der Waals surface area contributed by atoms with Crippen molar-refractivity contribution in [2.75, 3.05) is 13.2 Å². The predicted octanol–water partition coefficient (Wildman–Crippen LogP) is 0.533. The van der Waals surface area contributed by atoms with Crippen molar-refractivity contribution in [3.8, 4) is 0 Å². The Morgan fingerprint density at radius 1 is 1.73 bits per heavy atom. The van der Waals surface area contributed by atoms with Crippen molar-refractivity contribution in [1.82, 2.24) is 10.3 Å². The summed E-state index contributed by atoms with van der Waals surface area (Å²) in [6, 6.07) is 0. The normalized spacial score (nSPS) is 10.4. The van der Waals surface area contributed by atoms with E-state index >= 15 is 0 Å². The molecule has 0 saturated carbocycles. The third kappa shape index (κ3) is 2.57. The molecule has 62 valence electrons. The second-order valence-corrected chi connectivity index (χ2v) is 3.20. The minimum atomic E-state index is 0.192. The van der Waals surface area contributed by atoms with Gasteiger partial charge in [-0.15, -0.1) is 11.3 Å². The molecule has 0 spiro atoms. The fourth-order valence-electron chi connectivity index (χ4n) is 0.777. The molecule has 0 unspecified atom stereocenters. The Hall–Kier alpha value is -0.450. The first-order chi connectivity index (χ1) is 5.34. The molecule has 4 heteroatoms. The average Bonchev–Trinajstić information content (AvgIpc) is 2.37. The molecule has 11 heavy (non-hydrogen) atoms. The van der Waals surface area contributed by atoms with Crippen molar-refractivity contribution in [2.24, 2.45) is 0 Å². The summed E-state index contributed by atoms with van der Waals surface area (Å²) in [7, 11) is 0. The second-order valence-electron chi connectivity index (χ2n) is 2.26. The number of rotatable bonds is 4. The molecule has 0 fully saturated rings. The molecule has 0 aliphatic carbocycles. The molecule has 3 nitrogen and oxygen atoms in total. The van der Waals surface area contributed by atoms with Gasteiger partial charge in [-0.1, -0.05) is 0 Å². The first-order valence-corrected chi connectivity index (χ1v) is 4.43. The van der Waals surface area contributed by atoms with Crippen LogP contribution < -0.4 is 5.32 Å². The minimum Gasteiger partial charge on any atom is -0.395 e. The highest BCUT2D eigenvalue weighted by atomic mass is 32.1. The highest BCUT2D eigenvalue weighted by Crippen LogP contribution is 2.10. The summed E-state index contributed by atoms with van der Waals surface area (Å²) in [5.74, 6) is 0. The van der Waals surface area contributed by atoms with Crippen LogP contribution in [0.1, 0.15) is 10.6 Å². The Balaban J connectivity index is 2.32. The van der Waals surface area contributed by atoms with Crippen LogP contribution in [0, 0.1) is 6.92 Å². The number of nitrogens with zero attached hydrogens (tertiary/aromatic N) is 1. The monoisotopic (exact) mass is 172 g/mol. The maximum atomic E-state index is 8.49. The van der Waals surface area contributed by atoms with E-state index in [9.17, 15) is 0 Å². The van der Waals surface area contributed by atoms with Gasteiger partial charge in [0.25, 0.3) is 0 Å². The first-order valence-electron chi connectivity index (χ1n) is 3.55. The summed E-state index contributed by atoms with van der Waals surface area (Å²) in [4.78, 5) is 5.36. The van der Waals surface area contributed by atoms with Crippen LogP contribution in [0.3, 0.4) is 0 Å². The van der Waals surface area contributed by atoms with Crippen LogP contribution in [0.4, 0.5) is 0 Å². The average molecular weight is 172 g/mol. The smallest absolute Gasteiger partial charge is 0.0798 e.